The minimum atomic E-state index is -4.76. The number of hydrogen-bond acceptors (Lipinski definition) is 7. The molecule has 0 aromatic rings. The monoisotopic (exact) mass is 684 g/mol. The zero-order valence-corrected chi connectivity index (χ0v) is 30.2. The smallest absolute Gasteiger partial charge is 0.462 e. The summed E-state index contributed by atoms with van der Waals surface area (Å²) in [6.45, 7) is 3.15. The van der Waals surface area contributed by atoms with Crippen LogP contribution in [0.2, 0.25) is 0 Å². The predicted molar refractivity (Wildman–Crippen MR) is 190 cm³/mol. The molecule has 272 valence electrons. The first-order valence-electron chi connectivity index (χ1n) is 18.0. The van der Waals surface area contributed by atoms with Crippen LogP contribution in [-0.4, -0.2) is 52.3 Å². The fourth-order valence-electron chi connectivity index (χ4n) is 4.68. The summed E-state index contributed by atoms with van der Waals surface area (Å²) in [6, 6.07) is 0. The van der Waals surface area contributed by atoms with Crippen molar-refractivity contribution in [1.82, 2.24) is 0 Å². The fraction of sp³-hybridized carbons (Fsp3) is 0.730. The zero-order valence-electron chi connectivity index (χ0n) is 29.3. The van der Waals surface area contributed by atoms with Crippen molar-refractivity contribution in [1.29, 1.82) is 0 Å². The van der Waals surface area contributed by atoms with Gasteiger partial charge in [0.15, 0.2) is 6.10 Å². The van der Waals surface area contributed by atoms with Crippen LogP contribution in [0.25, 0.3) is 0 Å². The summed E-state index contributed by atoms with van der Waals surface area (Å²) >= 11 is 0. The lowest BCUT2D eigenvalue weighted by atomic mass is 10.1. The molecule has 0 radical (unpaired) electrons. The van der Waals surface area contributed by atoms with Gasteiger partial charge < -0.3 is 24.4 Å². The van der Waals surface area contributed by atoms with Crippen molar-refractivity contribution in [2.24, 2.45) is 0 Å². The van der Waals surface area contributed by atoms with E-state index in [-0.39, 0.29) is 25.6 Å². The van der Waals surface area contributed by atoms with Gasteiger partial charge in [-0.05, 0) is 64.7 Å². The van der Waals surface area contributed by atoms with Crippen LogP contribution < -0.4 is 0 Å². The molecule has 0 spiro atoms. The first kappa shape index (κ1) is 45.0. The molecular weight excluding hydrogens is 619 g/mol. The molecule has 0 aliphatic carbocycles. The second-order valence-corrected chi connectivity index (χ2v) is 13.4. The van der Waals surface area contributed by atoms with Crippen LogP contribution in [0, 0.1) is 0 Å². The van der Waals surface area contributed by atoms with E-state index >= 15 is 0 Å². The number of carbonyl (C=O) groups excluding carboxylic acids is 2. The van der Waals surface area contributed by atoms with Crippen molar-refractivity contribution in [3.8, 4) is 0 Å². The number of carbonyl (C=O) groups is 2. The Morgan fingerprint density at radius 3 is 1.62 bits per heavy atom. The van der Waals surface area contributed by atoms with Crippen molar-refractivity contribution in [2.75, 3.05) is 13.2 Å². The molecule has 0 fully saturated rings. The van der Waals surface area contributed by atoms with Crippen LogP contribution in [0.4, 0.5) is 0 Å². The Hall–Kier alpha value is -2.03. The van der Waals surface area contributed by atoms with E-state index in [9.17, 15) is 19.3 Å². The molecular formula is C37H65O9P. The number of hydrogen-bond donors (Lipinski definition) is 3. The fourth-order valence-corrected chi connectivity index (χ4v) is 5.04. The van der Waals surface area contributed by atoms with E-state index in [0.717, 1.165) is 57.8 Å². The maximum atomic E-state index is 12.3. The molecule has 10 heteroatoms. The molecule has 0 saturated heterocycles. The number of esters is 2. The van der Waals surface area contributed by atoms with Crippen LogP contribution >= 0.6 is 7.82 Å². The van der Waals surface area contributed by atoms with Crippen LogP contribution in [-0.2, 0) is 28.2 Å². The third-order valence-electron chi connectivity index (χ3n) is 7.37. The summed E-state index contributed by atoms with van der Waals surface area (Å²) in [7, 11) is -4.76. The maximum Gasteiger partial charge on any atom is 0.469 e. The Kier molecular flexibility index (Phi) is 31.1. The Balaban J connectivity index is 4.09. The number of phosphoric acid groups is 1. The van der Waals surface area contributed by atoms with Crippen molar-refractivity contribution in [3.05, 3.63) is 48.6 Å². The van der Waals surface area contributed by atoms with Gasteiger partial charge in [0.1, 0.15) is 6.61 Å². The van der Waals surface area contributed by atoms with Crippen molar-refractivity contribution < 1.29 is 43.0 Å². The average molecular weight is 685 g/mol. The van der Waals surface area contributed by atoms with Crippen molar-refractivity contribution >= 4 is 19.8 Å². The predicted octanol–water partition coefficient (Wildman–Crippen LogP) is 9.37. The molecule has 0 amide bonds. The number of aliphatic hydroxyl groups excluding tert-OH is 1. The zero-order chi connectivity index (χ0) is 34.9. The van der Waals surface area contributed by atoms with E-state index in [0.29, 0.717) is 19.3 Å². The molecule has 0 bridgehead atoms. The topological polar surface area (TPSA) is 140 Å². The highest BCUT2D eigenvalue weighted by atomic mass is 31.2. The molecule has 0 aliphatic rings. The molecule has 2 atom stereocenters. The molecule has 0 saturated carbocycles. The summed E-state index contributed by atoms with van der Waals surface area (Å²) < 4.78 is 26.2. The van der Waals surface area contributed by atoms with Crippen LogP contribution in [0.5, 0.6) is 0 Å². The van der Waals surface area contributed by atoms with Crippen LogP contribution in [0.3, 0.4) is 0 Å². The van der Waals surface area contributed by atoms with E-state index in [1.807, 2.05) is 19.1 Å². The second-order valence-electron chi connectivity index (χ2n) is 12.1. The molecule has 0 unspecified atom stereocenters. The summed E-state index contributed by atoms with van der Waals surface area (Å²) in [5, 5.41) is 9.23. The number of rotatable bonds is 32. The van der Waals surface area contributed by atoms with Crippen LogP contribution in [0.15, 0.2) is 48.6 Å². The van der Waals surface area contributed by atoms with Gasteiger partial charge in [-0.15, -0.1) is 0 Å². The van der Waals surface area contributed by atoms with Gasteiger partial charge in [-0.2, -0.15) is 0 Å². The van der Waals surface area contributed by atoms with E-state index in [1.165, 1.54) is 44.9 Å². The molecule has 0 heterocycles. The molecule has 3 N–H and O–H groups in total. The third-order valence-corrected chi connectivity index (χ3v) is 7.85. The Bertz CT molecular complexity index is 921. The van der Waals surface area contributed by atoms with E-state index in [2.05, 4.69) is 47.9 Å². The lowest BCUT2D eigenvalue weighted by molar-refractivity contribution is -0.161. The highest BCUT2D eigenvalue weighted by Gasteiger charge is 2.22. The number of unbranched alkanes of at least 4 members (excludes halogenated alkanes) is 12. The summed E-state index contributed by atoms with van der Waals surface area (Å²) in [5.41, 5.74) is 0. The highest BCUT2D eigenvalue weighted by Crippen LogP contribution is 2.35. The average Bonchev–Trinajstić information content (AvgIpc) is 3.02. The van der Waals surface area contributed by atoms with Gasteiger partial charge in [-0.1, -0.05) is 120 Å². The molecule has 0 aliphatic heterocycles. The lowest BCUT2D eigenvalue weighted by Gasteiger charge is -2.18. The largest absolute Gasteiger partial charge is 0.469 e. The minimum Gasteiger partial charge on any atom is -0.462 e. The number of ether oxygens (including phenoxy) is 2. The maximum absolute atomic E-state index is 12.3. The standard InChI is InChI=1S/C37H65O9P/c1-3-4-5-6-7-8-14-19-22-25-28-31-37(40)46-35(33-45-47(41,42)43)32-44-36(39)30-27-24-21-18-16-13-11-9-10-12-15-17-20-23-26-29-34(2)38/h10-13,17-18,20-21,34-35,38H,3-9,14-16,19,22-33H2,1-2H3,(H2,41,42,43)/b12-10-,13-11-,20-17-,21-18-/t34-,35-/m1/s1. The summed E-state index contributed by atoms with van der Waals surface area (Å²) in [6.07, 6.45) is 35.4. The molecule has 0 aromatic heterocycles. The Morgan fingerprint density at radius 1 is 0.638 bits per heavy atom. The number of phosphoric ester groups is 1. The minimum absolute atomic E-state index is 0.179. The second kappa shape index (κ2) is 32.5. The normalized spacial score (nSPS) is 13.7. The third kappa shape index (κ3) is 36.7. The van der Waals surface area contributed by atoms with Gasteiger partial charge in [-0.25, -0.2) is 4.57 Å². The quantitative estimate of drug-likeness (QED) is 0.0274. The lowest BCUT2D eigenvalue weighted by Crippen LogP contribution is -2.29. The van der Waals surface area contributed by atoms with Gasteiger partial charge >= 0.3 is 19.8 Å². The number of aliphatic hydroxyl groups is 1. The van der Waals surface area contributed by atoms with Gasteiger partial charge in [0.05, 0.1) is 12.7 Å². The number of allylic oxidation sites excluding steroid dienone is 8. The van der Waals surface area contributed by atoms with Gasteiger partial charge in [0.25, 0.3) is 0 Å². The molecule has 47 heavy (non-hydrogen) atoms. The van der Waals surface area contributed by atoms with Gasteiger partial charge in [0, 0.05) is 12.8 Å². The van der Waals surface area contributed by atoms with Crippen LogP contribution in [0.1, 0.15) is 149 Å². The van der Waals surface area contributed by atoms with Gasteiger partial charge in [-0.3, -0.25) is 14.1 Å². The van der Waals surface area contributed by atoms with Crippen molar-refractivity contribution in [2.45, 2.75) is 161 Å². The summed E-state index contributed by atoms with van der Waals surface area (Å²) in [5.74, 6) is -0.970. The first-order chi connectivity index (χ1) is 22.6. The molecule has 0 rings (SSSR count). The SMILES string of the molecule is CCCCCCCCCCCCCC(=O)O[C@H](COC(=O)CCC/C=C\C/C=C\C/C=C\C/C=C\CCC[C@@H](C)O)COP(=O)(O)O. The summed E-state index contributed by atoms with van der Waals surface area (Å²) in [4.78, 5) is 42.5. The van der Waals surface area contributed by atoms with E-state index in [1.54, 1.807) is 0 Å². The van der Waals surface area contributed by atoms with Crippen molar-refractivity contribution in [3.63, 3.8) is 0 Å². The Labute approximate surface area is 285 Å². The van der Waals surface area contributed by atoms with Gasteiger partial charge in [0.2, 0.25) is 0 Å². The molecule has 9 nitrogen and oxygen atoms in total. The highest BCUT2D eigenvalue weighted by molar-refractivity contribution is 7.46. The first-order valence-corrected chi connectivity index (χ1v) is 19.5. The Morgan fingerprint density at radius 2 is 1.11 bits per heavy atom. The van der Waals surface area contributed by atoms with E-state index < -0.39 is 32.5 Å². The van der Waals surface area contributed by atoms with E-state index in [4.69, 9.17) is 19.3 Å². The molecule has 0 aromatic carbocycles.